The van der Waals surface area contributed by atoms with Crippen LogP contribution in [0.3, 0.4) is 0 Å². The summed E-state index contributed by atoms with van der Waals surface area (Å²) in [4.78, 5) is 23.8. The molecule has 0 saturated heterocycles. The molecule has 4 rings (SSSR count). The van der Waals surface area contributed by atoms with E-state index in [1.807, 2.05) is 11.8 Å². The lowest BCUT2D eigenvalue weighted by Crippen LogP contribution is -2.31. The van der Waals surface area contributed by atoms with Crippen LogP contribution in [0.2, 0.25) is 0 Å². The molecule has 0 saturated carbocycles. The number of aryl methyl sites for hydroxylation is 1. The van der Waals surface area contributed by atoms with Gasteiger partial charge in [0.15, 0.2) is 6.17 Å². The highest BCUT2D eigenvalue weighted by atomic mass is 19.3. The van der Waals surface area contributed by atoms with Gasteiger partial charge in [-0.05, 0) is 31.0 Å². The molecular weight excluding hydrogens is 385 g/mol. The number of nitrogens with zero attached hydrogens (tertiary/aromatic N) is 3. The first-order chi connectivity index (χ1) is 13.9. The molecule has 1 aromatic heterocycles. The Morgan fingerprint density at radius 1 is 1.31 bits per heavy atom. The lowest BCUT2D eigenvalue weighted by molar-refractivity contribution is 0.0496. The minimum absolute atomic E-state index is 0.115. The molecule has 2 aromatic rings. The number of furan rings is 1. The van der Waals surface area contributed by atoms with Crippen LogP contribution in [0.4, 0.5) is 24.7 Å². The maximum absolute atomic E-state index is 13.4. The molecule has 1 N–H and O–H groups in total. The predicted molar refractivity (Wildman–Crippen MR) is 103 cm³/mol. The molecule has 0 radical (unpaired) electrons. The lowest BCUT2D eigenvalue weighted by Gasteiger charge is -2.18. The van der Waals surface area contributed by atoms with Gasteiger partial charge >= 0.3 is 0 Å². The number of amides is 1. The Hall–Kier alpha value is -3.10. The zero-order chi connectivity index (χ0) is 20.7. The quantitative estimate of drug-likeness (QED) is 0.790. The molecule has 3 heterocycles. The third-order valence-corrected chi connectivity index (χ3v) is 4.99. The van der Waals surface area contributed by atoms with Gasteiger partial charge in [-0.25, -0.2) is 18.2 Å². The number of hydrogen-bond donors (Lipinski definition) is 1. The number of carbonyl (C=O) groups excluding carboxylic acids is 1. The van der Waals surface area contributed by atoms with Crippen molar-refractivity contribution < 1.29 is 22.4 Å². The van der Waals surface area contributed by atoms with E-state index in [0.717, 1.165) is 6.42 Å². The number of hydrogen-bond acceptors (Lipinski definition) is 5. The van der Waals surface area contributed by atoms with Crippen LogP contribution in [0.15, 0.2) is 38.7 Å². The average molecular weight is 404 g/mol. The van der Waals surface area contributed by atoms with Crippen LogP contribution in [0.1, 0.15) is 46.8 Å². The van der Waals surface area contributed by atoms with E-state index in [1.165, 1.54) is 24.3 Å². The van der Waals surface area contributed by atoms with Gasteiger partial charge < -0.3 is 14.6 Å². The monoisotopic (exact) mass is 404 g/mol. The van der Waals surface area contributed by atoms with Crippen LogP contribution in [-0.4, -0.2) is 42.0 Å². The zero-order valence-electron chi connectivity index (χ0n) is 15.8. The number of amidine groups is 1. The van der Waals surface area contributed by atoms with E-state index in [1.54, 1.807) is 13.3 Å². The molecule has 2 aliphatic heterocycles. The van der Waals surface area contributed by atoms with Gasteiger partial charge in [0, 0.05) is 12.2 Å². The summed E-state index contributed by atoms with van der Waals surface area (Å²) >= 11 is 0. The Morgan fingerprint density at radius 3 is 2.69 bits per heavy atom. The highest BCUT2D eigenvalue weighted by Gasteiger charge is 2.36. The normalized spacial score (nSPS) is 18.5. The average Bonchev–Trinajstić information content (AvgIpc) is 3.27. The molecule has 2 atom stereocenters. The zero-order valence-corrected chi connectivity index (χ0v) is 15.8. The number of aliphatic imine (C=N–C) groups is 2. The van der Waals surface area contributed by atoms with E-state index >= 15 is 0 Å². The van der Waals surface area contributed by atoms with Crippen LogP contribution < -0.4 is 5.32 Å². The second-order valence-electron chi connectivity index (χ2n) is 6.94. The van der Waals surface area contributed by atoms with Crippen LogP contribution >= 0.6 is 0 Å². The highest BCUT2D eigenvalue weighted by Crippen LogP contribution is 2.36. The predicted octanol–water partition coefficient (Wildman–Crippen LogP) is 4.63. The lowest BCUT2D eigenvalue weighted by atomic mass is 10.1. The smallest absolute Gasteiger partial charge is 0.273 e. The first-order valence-electron chi connectivity index (χ1n) is 9.25. The van der Waals surface area contributed by atoms with E-state index in [-0.39, 0.29) is 11.6 Å². The molecule has 0 spiro atoms. The summed E-state index contributed by atoms with van der Waals surface area (Å²) in [7, 11) is 0. The number of halogens is 3. The molecule has 1 aromatic carbocycles. The van der Waals surface area contributed by atoms with Crippen molar-refractivity contribution >= 4 is 29.7 Å². The number of fused-ring (bicyclic) bond motifs is 3. The van der Waals surface area contributed by atoms with Gasteiger partial charge in [0.25, 0.3) is 12.3 Å². The van der Waals surface area contributed by atoms with Crippen LogP contribution in [0.25, 0.3) is 0 Å². The number of alkyl halides is 3. The fourth-order valence-corrected chi connectivity index (χ4v) is 3.45. The van der Waals surface area contributed by atoms with Crippen molar-refractivity contribution in [3.8, 4) is 0 Å². The maximum Gasteiger partial charge on any atom is 0.273 e. The molecule has 2 unspecified atom stereocenters. The SMILES string of the molecule is CCC1CN2C=Nc3oc(C)c(C(=O)Nc4ccc(C(F)C(F)F)cc4)c3C2=N1. The van der Waals surface area contributed by atoms with Gasteiger partial charge in [-0.15, -0.1) is 0 Å². The molecule has 0 aliphatic carbocycles. The molecule has 9 heteroatoms. The van der Waals surface area contributed by atoms with Crippen molar-refractivity contribution in [1.29, 1.82) is 0 Å². The molecule has 0 bridgehead atoms. The summed E-state index contributed by atoms with van der Waals surface area (Å²) < 4.78 is 44.1. The van der Waals surface area contributed by atoms with Gasteiger partial charge in [0.1, 0.15) is 17.9 Å². The Bertz CT molecular complexity index is 998. The van der Waals surface area contributed by atoms with Crippen molar-refractivity contribution in [2.75, 3.05) is 11.9 Å². The number of rotatable bonds is 5. The minimum Gasteiger partial charge on any atom is -0.442 e. The molecule has 29 heavy (non-hydrogen) atoms. The minimum atomic E-state index is -3.10. The van der Waals surface area contributed by atoms with Crippen LogP contribution in [0, 0.1) is 6.92 Å². The van der Waals surface area contributed by atoms with Crippen LogP contribution in [0.5, 0.6) is 0 Å². The fraction of sp³-hybridized carbons (Fsp3) is 0.350. The molecule has 2 aliphatic rings. The number of anilines is 1. The van der Waals surface area contributed by atoms with Crippen molar-refractivity contribution in [1.82, 2.24) is 4.90 Å². The largest absolute Gasteiger partial charge is 0.442 e. The first kappa shape index (κ1) is 19.2. The maximum atomic E-state index is 13.4. The summed E-state index contributed by atoms with van der Waals surface area (Å²) in [5, 5.41) is 2.70. The molecule has 1 amide bonds. The first-order valence-corrected chi connectivity index (χ1v) is 9.25. The van der Waals surface area contributed by atoms with Crippen molar-refractivity contribution in [3.63, 3.8) is 0 Å². The van der Waals surface area contributed by atoms with E-state index in [0.29, 0.717) is 40.8 Å². The van der Waals surface area contributed by atoms with Gasteiger partial charge in [0.05, 0.1) is 17.2 Å². The molecular formula is C20H19F3N4O2. The van der Waals surface area contributed by atoms with Crippen LogP contribution in [-0.2, 0) is 0 Å². The Kier molecular flexibility index (Phi) is 4.89. The van der Waals surface area contributed by atoms with E-state index < -0.39 is 18.5 Å². The summed E-state index contributed by atoms with van der Waals surface area (Å²) in [6, 6.07) is 5.33. The number of benzene rings is 1. The van der Waals surface area contributed by atoms with E-state index in [2.05, 4.69) is 15.3 Å². The Balaban J connectivity index is 1.61. The van der Waals surface area contributed by atoms with E-state index in [9.17, 15) is 18.0 Å². The summed E-state index contributed by atoms with van der Waals surface area (Å²) in [6.45, 7) is 4.40. The third kappa shape index (κ3) is 3.41. The molecule has 6 nitrogen and oxygen atoms in total. The van der Waals surface area contributed by atoms with Crippen molar-refractivity contribution in [3.05, 3.63) is 46.7 Å². The van der Waals surface area contributed by atoms with Gasteiger partial charge in [-0.2, -0.15) is 0 Å². The second-order valence-corrected chi connectivity index (χ2v) is 6.94. The topological polar surface area (TPSA) is 70.2 Å². The summed E-state index contributed by atoms with van der Waals surface area (Å²) in [5.74, 6) is 0.932. The third-order valence-electron chi connectivity index (χ3n) is 4.99. The van der Waals surface area contributed by atoms with E-state index in [4.69, 9.17) is 4.42 Å². The standard InChI is InChI=1S/C20H19F3N4O2/c1-3-12-8-27-9-24-20-15(18(27)25-12)14(10(2)29-20)19(28)26-13-6-4-11(5-7-13)16(21)17(22)23/h4-7,9,12,16-17H,3,8H2,1-2H3,(H,26,28). The second kappa shape index (κ2) is 7.38. The highest BCUT2D eigenvalue weighted by molar-refractivity contribution is 6.19. The molecule has 152 valence electrons. The fourth-order valence-electron chi connectivity index (χ4n) is 3.45. The summed E-state index contributed by atoms with van der Waals surface area (Å²) in [6.07, 6.45) is -2.95. The van der Waals surface area contributed by atoms with Gasteiger partial charge in [-0.3, -0.25) is 9.79 Å². The Morgan fingerprint density at radius 2 is 2.03 bits per heavy atom. The van der Waals surface area contributed by atoms with Crippen molar-refractivity contribution in [2.45, 2.75) is 38.9 Å². The van der Waals surface area contributed by atoms with Crippen molar-refractivity contribution in [2.24, 2.45) is 9.98 Å². The van der Waals surface area contributed by atoms with Gasteiger partial charge in [0.2, 0.25) is 5.88 Å². The number of carbonyl (C=O) groups is 1. The van der Waals surface area contributed by atoms with Gasteiger partial charge in [-0.1, -0.05) is 19.1 Å². The summed E-state index contributed by atoms with van der Waals surface area (Å²) in [5.41, 5.74) is 1.06. The Labute approximate surface area is 165 Å². The molecule has 0 fully saturated rings. The number of nitrogens with one attached hydrogen (secondary N) is 1.